The summed E-state index contributed by atoms with van der Waals surface area (Å²) in [5, 5.41) is 19.4. The molecular formula is C12H13N5OS2. The van der Waals surface area contributed by atoms with E-state index >= 15 is 0 Å². The fraction of sp³-hybridized carbons (Fsp3) is 0.250. The Labute approximate surface area is 124 Å². The Hall–Kier alpha value is -1.64. The fourth-order valence-electron chi connectivity index (χ4n) is 1.76. The first kappa shape index (κ1) is 13.3. The molecule has 0 unspecified atom stereocenters. The van der Waals surface area contributed by atoms with Crippen LogP contribution in [0.15, 0.2) is 33.8 Å². The number of imidazole rings is 1. The van der Waals surface area contributed by atoms with Crippen LogP contribution in [0.25, 0.3) is 5.65 Å². The van der Waals surface area contributed by atoms with Crippen molar-refractivity contribution in [1.29, 1.82) is 0 Å². The summed E-state index contributed by atoms with van der Waals surface area (Å²) in [5.41, 5.74) is 1.59. The highest BCUT2D eigenvalue weighted by Crippen LogP contribution is 2.34. The smallest absolute Gasteiger partial charge is 0.208 e. The lowest BCUT2D eigenvalue weighted by Gasteiger charge is -2.03. The van der Waals surface area contributed by atoms with Crippen molar-refractivity contribution < 1.29 is 5.11 Å². The predicted octanol–water partition coefficient (Wildman–Crippen LogP) is 1.90. The van der Waals surface area contributed by atoms with Crippen molar-refractivity contribution in [3.8, 4) is 0 Å². The van der Waals surface area contributed by atoms with E-state index in [4.69, 9.17) is 0 Å². The normalized spacial score (nSPS) is 11.2. The summed E-state index contributed by atoms with van der Waals surface area (Å²) >= 11 is 2.93. The molecule has 0 bridgehead atoms. The van der Waals surface area contributed by atoms with E-state index in [-0.39, 0.29) is 6.61 Å². The number of rotatable bonds is 4. The highest BCUT2D eigenvalue weighted by Gasteiger charge is 2.15. The van der Waals surface area contributed by atoms with Gasteiger partial charge in [0.15, 0.2) is 4.34 Å². The van der Waals surface area contributed by atoms with Gasteiger partial charge in [0, 0.05) is 20.3 Å². The van der Waals surface area contributed by atoms with Crippen molar-refractivity contribution >= 4 is 33.9 Å². The third-order valence-corrected chi connectivity index (χ3v) is 4.87. The van der Waals surface area contributed by atoms with Gasteiger partial charge in [0.1, 0.15) is 10.7 Å². The molecule has 0 radical (unpaired) electrons. The van der Waals surface area contributed by atoms with E-state index in [9.17, 15) is 5.11 Å². The Bertz CT molecular complexity index is 736. The summed E-state index contributed by atoms with van der Waals surface area (Å²) in [7, 11) is 3.86. The van der Waals surface area contributed by atoms with E-state index in [2.05, 4.69) is 15.2 Å². The van der Waals surface area contributed by atoms with Crippen molar-refractivity contribution in [2.24, 2.45) is 0 Å². The molecule has 20 heavy (non-hydrogen) atoms. The molecule has 0 fully saturated rings. The van der Waals surface area contributed by atoms with Gasteiger partial charge < -0.3 is 14.4 Å². The van der Waals surface area contributed by atoms with Gasteiger partial charge in [-0.1, -0.05) is 17.4 Å². The van der Waals surface area contributed by atoms with Crippen molar-refractivity contribution in [2.45, 2.75) is 16.0 Å². The zero-order valence-electron chi connectivity index (χ0n) is 11.0. The number of hydrogen-bond acceptors (Lipinski definition) is 7. The summed E-state index contributed by atoms with van der Waals surface area (Å²) in [6.45, 7) is -0.0626. The lowest BCUT2D eigenvalue weighted by atomic mass is 10.4. The van der Waals surface area contributed by atoms with Gasteiger partial charge in [0.05, 0.1) is 12.3 Å². The molecule has 0 saturated carbocycles. The summed E-state index contributed by atoms with van der Waals surface area (Å²) in [4.78, 5) is 6.44. The lowest BCUT2D eigenvalue weighted by Crippen LogP contribution is -2.07. The summed E-state index contributed by atoms with van der Waals surface area (Å²) in [6, 6.07) is 5.75. The van der Waals surface area contributed by atoms with Crippen LogP contribution >= 0.6 is 23.1 Å². The molecule has 0 aliphatic heterocycles. The third-order valence-electron chi connectivity index (χ3n) is 2.70. The molecule has 3 aromatic rings. The summed E-state index contributed by atoms with van der Waals surface area (Å²) in [6.07, 6.45) is 1.89. The molecule has 1 N–H and O–H groups in total. The Balaban J connectivity index is 1.97. The van der Waals surface area contributed by atoms with Gasteiger partial charge in [-0.05, 0) is 23.9 Å². The monoisotopic (exact) mass is 307 g/mol. The first-order valence-corrected chi connectivity index (χ1v) is 7.58. The van der Waals surface area contributed by atoms with Gasteiger partial charge in [-0.25, -0.2) is 4.98 Å². The maximum atomic E-state index is 9.56. The van der Waals surface area contributed by atoms with Crippen LogP contribution in [-0.4, -0.2) is 38.8 Å². The zero-order valence-corrected chi connectivity index (χ0v) is 12.6. The van der Waals surface area contributed by atoms with Crippen molar-refractivity contribution in [1.82, 2.24) is 19.6 Å². The SMILES string of the molecule is CN(C)c1nnc(Sc2nc3ccccn3c2CO)s1. The first-order valence-electron chi connectivity index (χ1n) is 5.94. The number of fused-ring (bicyclic) bond motifs is 1. The van der Waals surface area contributed by atoms with Gasteiger partial charge in [0.2, 0.25) is 5.13 Å². The second kappa shape index (κ2) is 5.39. The van der Waals surface area contributed by atoms with Crippen LogP contribution in [0.1, 0.15) is 5.69 Å². The maximum Gasteiger partial charge on any atom is 0.208 e. The minimum Gasteiger partial charge on any atom is -0.390 e. The Morgan fingerprint density at radius 3 is 2.90 bits per heavy atom. The number of hydrogen-bond donors (Lipinski definition) is 1. The van der Waals surface area contributed by atoms with E-state index in [1.54, 1.807) is 0 Å². The molecule has 0 atom stereocenters. The number of anilines is 1. The molecule has 0 amide bonds. The molecule has 0 spiro atoms. The Morgan fingerprint density at radius 1 is 1.35 bits per heavy atom. The molecule has 0 aliphatic rings. The second-order valence-electron chi connectivity index (χ2n) is 4.30. The van der Waals surface area contributed by atoms with Crippen molar-refractivity contribution in [3.63, 3.8) is 0 Å². The van der Waals surface area contributed by atoms with E-state index in [1.165, 1.54) is 23.1 Å². The molecule has 0 saturated heterocycles. The summed E-state index contributed by atoms with van der Waals surface area (Å²) < 4.78 is 2.70. The highest BCUT2D eigenvalue weighted by molar-refractivity contribution is 8.01. The van der Waals surface area contributed by atoms with Crippen LogP contribution in [0.3, 0.4) is 0 Å². The minimum absolute atomic E-state index is 0.0626. The van der Waals surface area contributed by atoms with E-state index in [1.807, 2.05) is 47.8 Å². The zero-order chi connectivity index (χ0) is 14.1. The molecule has 8 heteroatoms. The maximum absolute atomic E-state index is 9.56. The van der Waals surface area contributed by atoms with Gasteiger partial charge in [-0.15, -0.1) is 10.2 Å². The van der Waals surface area contributed by atoms with Crippen LogP contribution in [0, 0.1) is 0 Å². The predicted molar refractivity (Wildman–Crippen MR) is 79.5 cm³/mol. The molecule has 0 aliphatic carbocycles. The first-order chi connectivity index (χ1) is 9.69. The van der Waals surface area contributed by atoms with Gasteiger partial charge in [0.25, 0.3) is 0 Å². The Kier molecular flexibility index (Phi) is 3.60. The highest BCUT2D eigenvalue weighted by atomic mass is 32.2. The van der Waals surface area contributed by atoms with Crippen LogP contribution < -0.4 is 4.90 Å². The van der Waals surface area contributed by atoms with Crippen molar-refractivity contribution in [2.75, 3.05) is 19.0 Å². The molecule has 6 nitrogen and oxygen atoms in total. The number of nitrogens with zero attached hydrogens (tertiary/aromatic N) is 5. The molecule has 104 valence electrons. The molecular weight excluding hydrogens is 294 g/mol. The van der Waals surface area contributed by atoms with Gasteiger partial charge >= 0.3 is 0 Å². The molecule has 3 rings (SSSR count). The van der Waals surface area contributed by atoms with Crippen LogP contribution in [0.5, 0.6) is 0 Å². The standard InChI is InChI=1S/C12H13N5OS2/c1-16(2)11-14-15-12(20-11)19-10-8(7-18)17-6-4-3-5-9(17)13-10/h3-6,18H,7H2,1-2H3. The summed E-state index contributed by atoms with van der Waals surface area (Å²) in [5.74, 6) is 0. The third kappa shape index (κ3) is 2.37. The van der Waals surface area contributed by atoms with Crippen molar-refractivity contribution in [3.05, 3.63) is 30.1 Å². The molecule has 0 aromatic carbocycles. The van der Waals surface area contributed by atoms with E-state index < -0.39 is 0 Å². The molecule has 3 heterocycles. The van der Waals surface area contributed by atoms with Crippen LogP contribution in [0.2, 0.25) is 0 Å². The average Bonchev–Trinajstić information content (AvgIpc) is 3.02. The van der Waals surface area contributed by atoms with Gasteiger partial charge in [-0.2, -0.15) is 0 Å². The number of aliphatic hydroxyl groups is 1. The lowest BCUT2D eigenvalue weighted by molar-refractivity contribution is 0.272. The second-order valence-corrected chi connectivity index (χ2v) is 6.49. The topological polar surface area (TPSA) is 66.6 Å². The van der Waals surface area contributed by atoms with E-state index in [0.717, 1.165) is 25.8 Å². The minimum atomic E-state index is -0.0626. The van der Waals surface area contributed by atoms with Gasteiger partial charge in [-0.3, -0.25) is 0 Å². The van der Waals surface area contributed by atoms with Crippen LogP contribution in [-0.2, 0) is 6.61 Å². The largest absolute Gasteiger partial charge is 0.390 e. The molecule has 3 aromatic heterocycles. The average molecular weight is 307 g/mol. The Morgan fingerprint density at radius 2 is 2.20 bits per heavy atom. The van der Waals surface area contributed by atoms with E-state index in [0.29, 0.717) is 0 Å². The number of pyridine rings is 1. The van der Waals surface area contributed by atoms with Crippen LogP contribution in [0.4, 0.5) is 5.13 Å². The fourth-order valence-corrected chi connectivity index (χ4v) is 3.55. The number of aliphatic hydroxyl groups excluding tert-OH is 1. The quantitative estimate of drug-likeness (QED) is 0.794. The number of aromatic nitrogens is 4.